The Morgan fingerprint density at radius 3 is 2.44 bits per heavy atom. The van der Waals surface area contributed by atoms with Crippen LogP contribution in [0.3, 0.4) is 0 Å². The summed E-state index contributed by atoms with van der Waals surface area (Å²) in [6.07, 6.45) is 5.36. The molecule has 108 valence electrons. The molecule has 0 amide bonds. The van der Waals surface area contributed by atoms with Gasteiger partial charge in [-0.1, -0.05) is 19.8 Å². The molecule has 0 radical (unpaired) electrons. The van der Waals surface area contributed by atoms with Crippen molar-refractivity contribution in [3.05, 3.63) is 0 Å². The molecule has 0 saturated heterocycles. The lowest BCUT2D eigenvalue weighted by molar-refractivity contribution is -0.136. The third-order valence-electron chi connectivity index (χ3n) is 3.52. The second kappa shape index (κ2) is 9.05. The molecular formula is C14H28O3S. The van der Waals surface area contributed by atoms with E-state index in [-0.39, 0.29) is 6.29 Å². The van der Waals surface area contributed by atoms with Gasteiger partial charge < -0.3 is 9.47 Å². The second-order valence-corrected chi connectivity index (χ2v) is 6.94. The number of ether oxygens (including phenoxy) is 2. The fraction of sp³-hybridized carbons (Fsp3) is 1.00. The van der Waals surface area contributed by atoms with Crippen molar-refractivity contribution in [3.63, 3.8) is 0 Å². The lowest BCUT2D eigenvalue weighted by Gasteiger charge is -2.26. The van der Waals surface area contributed by atoms with Gasteiger partial charge in [0, 0.05) is 41.4 Å². The molecule has 3 atom stereocenters. The van der Waals surface area contributed by atoms with E-state index < -0.39 is 10.8 Å². The van der Waals surface area contributed by atoms with Gasteiger partial charge in [0.05, 0.1) is 0 Å². The zero-order chi connectivity index (χ0) is 13.4. The van der Waals surface area contributed by atoms with Crippen LogP contribution in [-0.2, 0) is 20.3 Å². The fourth-order valence-electron chi connectivity index (χ4n) is 2.58. The van der Waals surface area contributed by atoms with Gasteiger partial charge in [-0.05, 0) is 32.6 Å². The second-order valence-electron chi connectivity index (χ2n) is 5.11. The predicted octanol–water partition coefficient (Wildman–Crippen LogP) is 3.10. The van der Waals surface area contributed by atoms with Crippen molar-refractivity contribution in [2.45, 2.75) is 64.4 Å². The Kier molecular flexibility index (Phi) is 8.11. The van der Waals surface area contributed by atoms with Crippen LogP contribution in [-0.4, -0.2) is 34.7 Å². The van der Waals surface area contributed by atoms with E-state index in [0.717, 1.165) is 25.2 Å². The highest BCUT2D eigenvalue weighted by Gasteiger charge is 2.24. The van der Waals surface area contributed by atoms with Gasteiger partial charge in [0.25, 0.3) is 0 Å². The molecule has 1 rings (SSSR count). The van der Waals surface area contributed by atoms with E-state index in [4.69, 9.17) is 9.47 Å². The van der Waals surface area contributed by atoms with Crippen LogP contribution in [0.25, 0.3) is 0 Å². The van der Waals surface area contributed by atoms with Crippen molar-refractivity contribution < 1.29 is 13.7 Å². The minimum atomic E-state index is -0.715. The van der Waals surface area contributed by atoms with Crippen LogP contribution in [0.5, 0.6) is 0 Å². The van der Waals surface area contributed by atoms with E-state index in [0.29, 0.717) is 24.2 Å². The maximum atomic E-state index is 12.3. The molecule has 0 spiro atoms. The first kappa shape index (κ1) is 16.1. The van der Waals surface area contributed by atoms with Crippen molar-refractivity contribution in [2.24, 2.45) is 5.92 Å². The van der Waals surface area contributed by atoms with Crippen LogP contribution in [0.4, 0.5) is 0 Å². The third kappa shape index (κ3) is 5.81. The molecule has 0 heterocycles. The van der Waals surface area contributed by atoms with Gasteiger partial charge in [-0.15, -0.1) is 0 Å². The Hall–Kier alpha value is 0.0700. The summed E-state index contributed by atoms with van der Waals surface area (Å²) in [5.41, 5.74) is 0. The summed E-state index contributed by atoms with van der Waals surface area (Å²) >= 11 is 0. The molecule has 0 aromatic rings. The summed E-state index contributed by atoms with van der Waals surface area (Å²) in [4.78, 5) is 0. The summed E-state index contributed by atoms with van der Waals surface area (Å²) in [6.45, 7) is 7.50. The molecular weight excluding hydrogens is 248 g/mol. The SMILES string of the molecule is CCOC(CCS(=O)C1CCCC(C)C1)OCC. The maximum Gasteiger partial charge on any atom is 0.158 e. The number of rotatable bonds is 8. The summed E-state index contributed by atoms with van der Waals surface area (Å²) in [6, 6.07) is 0. The first-order valence-electron chi connectivity index (χ1n) is 7.27. The number of hydrogen-bond donors (Lipinski definition) is 0. The van der Waals surface area contributed by atoms with Crippen molar-refractivity contribution in [1.29, 1.82) is 0 Å². The molecule has 3 nitrogen and oxygen atoms in total. The summed E-state index contributed by atoms with van der Waals surface area (Å²) < 4.78 is 23.2. The molecule has 1 aliphatic carbocycles. The standard InChI is InChI=1S/C14H28O3S/c1-4-16-14(17-5-2)9-10-18(15)13-8-6-7-12(3)11-13/h12-14H,4-11H2,1-3H3. The highest BCUT2D eigenvalue weighted by atomic mass is 32.2. The van der Waals surface area contributed by atoms with Crippen molar-refractivity contribution >= 4 is 10.8 Å². The topological polar surface area (TPSA) is 35.5 Å². The Bertz CT molecular complexity index is 239. The average molecular weight is 276 g/mol. The monoisotopic (exact) mass is 276 g/mol. The summed E-state index contributed by atoms with van der Waals surface area (Å²) in [7, 11) is -0.715. The van der Waals surface area contributed by atoms with Gasteiger partial charge in [0.1, 0.15) is 0 Å². The van der Waals surface area contributed by atoms with Crippen LogP contribution in [0.2, 0.25) is 0 Å². The molecule has 18 heavy (non-hydrogen) atoms. The fourth-order valence-corrected chi connectivity index (χ4v) is 4.31. The average Bonchev–Trinajstić information content (AvgIpc) is 2.36. The smallest absolute Gasteiger partial charge is 0.158 e. The predicted molar refractivity (Wildman–Crippen MR) is 76.1 cm³/mol. The van der Waals surface area contributed by atoms with Crippen LogP contribution in [0, 0.1) is 5.92 Å². The molecule has 0 aliphatic heterocycles. The summed E-state index contributed by atoms with van der Waals surface area (Å²) in [5, 5.41) is 0.401. The lowest BCUT2D eigenvalue weighted by Crippen LogP contribution is -2.27. The molecule has 1 fully saturated rings. The van der Waals surface area contributed by atoms with Gasteiger partial charge >= 0.3 is 0 Å². The Morgan fingerprint density at radius 2 is 1.89 bits per heavy atom. The van der Waals surface area contributed by atoms with Crippen LogP contribution >= 0.6 is 0 Å². The van der Waals surface area contributed by atoms with Crippen LogP contribution < -0.4 is 0 Å². The van der Waals surface area contributed by atoms with Gasteiger partial charge in [-0.25, -0.2) is 0 Å². The molecule has 0 N–H and O–H groups in total. The summed E-state index contributed by atoms with van der Waals surface area (Å²) in [5.74, 6) is 1.45. The van der Waals surface area contributed by atoms with Gasteiger partial charge in [0.15, 0.2) is 6.29 Å². The lowest BCUT2D eigenvalue weighted by atomic mass is 9.91. The first-order chi connectivity index (χ1) is 8.67. The first-order valence-corrected chi connectivity index (χ1v) is 8.65. The van der Waals surface area contributed by atoms with Gasteiger partial charge in [-0.3, -0.25) is 4.21 Å². The largest absolute Gasteiger partial charge is 0.353 e. The molecule has 0 aromatic heterocycles. The highest BCUT2D eigenvalue weighted by molar-refractivity contribution is 7.85. The third-order valence-corrected chi connectivity index (χ3v) is 5.33. The Labute approximate surface area is 114 Å². The van der Waals surface area contributed by atoms with E-state index in [9.17, 15) is 4.21 Å². The zero-order valence-corrected chi connectivity index (χ0v) is 12.8. The molecule has 0 bridgehead atoms. The number of hydrogen-bond acceptors (Lipinski definition) is 3. The Balaban J connectivity index is 2.29. The van der Waals surface area contributed by atoms with Crippen molar-refractivity contribution in [1.82, 2.24) is 0 Å². The molecule has 1 aliphatic rings. The van der Waals surface area contributed by atoms with Crippen molar-refractivity contribution in [2.75, 3.05) is 19.0 Å². The minimum Gasteiger partial charge on any atom is -0.353 e. The van der Waals surface area contributed by atoms with Crippen LogP contribution in [0.1, 0.15) is 52.9 Å². The van der Waals surface area contributed by atoms with Crippen molar-refractivity contribution in [3.8, 4) is 0 Å². The van der Waals surface area contributed by atoms with Gasteiger partial charge in [0.2, 0.25) is 0 Å². The molecule has 0 aromatic carbocycles. The van der Waals surface area contributed by atoms with Crippen LogP contribution in [0.15, 0.2) is 0 Å². The molecule has 3 unspecified atom stereocenters. The minimum absolute atomic E-state index is 0.176. The van der Waals surface area contributed by atoms with E-state index in [1.807, 2.05) is 13.8 Å². The maximum absolute atomic E-state index is 12.3. The van der Waals surface area contributed by atoms with Gasteiger partial charge in [-0.2, -0.15) is 0 Å². The molecule has 4 heteroatoms. The zero-order valence-electron chi connectivity index (χ0n) is 12.0. The quantitative estimate of drug-likeness (QED) is 0.639. The van der Waals surface area contributed by atoms with E-state index >= 15 is 0 Å². The highest BCUT2D eigenvalue weighted by Crippen LogP contribution is 2.27. The van der Waals surface area contributed by atoms with E-state index in [2.05, 4.69) is 6.92 Å². The van der Waals surface area contributed by atoms with E-state index in [1.165, 1.54) is 12.8 Å². The normalized spacial score (nSPS) is 26.4. The van der Waals surface area contributed by atoms with E-state index in [1.54, 1.807) is 0 Å². The molecule has 1 saturated carbocycles. The Morgan fingerprint density at radius 1 is 1.22 bits per heavy atom.